The fourth-order valence-corrected chi connectivity index (χ4v) is 2.52. The molecule has 0 aliphatic heterocycles. The molecular formula is C14H18ClN3O. The van der Waals surface area contributed by atoms with E-state index in [0.29, 0.717) is 12.4 Å². The van der Waals surface area contributed by atoms with Crippen molar-refractivity contribution in [3.63, 3.8) is 0 Å². The molecule has 0 radical (unpaired) electrons. The van der Waals surface area contributed by atoms with E-state index < -0.39 is 0 Å². The summed E-state index contributed by atoms with van der Waals surface area (Å²) in [5.41, 5.74) is 5.04. The first kappa shape index (κ1) is 13.9. The van der Waals surface area contributed by atoms with Crippen LogP contribution < -0.4 is 4.74 Å². The molecule has 0 fully saturated rings. The van der Waals surface area contributed by atoms with Gasteiger partial charge in [0.2, 0.25) is 0 Å². The Hall–Kier alpha value is -1.55. The summed E-state index contributed by atoms with van der Waals surface area (Å²) in [6.45, 7) is 6.59. The van der Waals surface area contributed by atoms with E-state index in [4.69, 9.17) is 16.3 Å². The van der Waals surface area contributed by atoms with Gasteiger partial charge in [0.1, 0.15) is 5.75 Å². The standard InChI is InChI=1S/C14H18ClN3O/c1-9-5-13(19-4)6-12(16-9)8-18-11(3)14(7-15)10(2)17-18/h5-6H,7-8H2,1-4H3. The van der Waals surface area contributed by atoms with Crippen LogP contribution in [0.5, 0.6) is 5.75 Å². The molecule has 0 spiro atoms. The Bertz CT molecular complexity index is 593. The molecule has 0 amide bonds. The van der Waals surface area contributed by atoms with Crippen LogP contribution in [0.2, 0.25) is 0 Å². The zero-order chi connectivity index (χ0) is 14.0. The number of hydrogen-bond acceptors (Lipinski definition) is 3. The highest BCUT2D eigenvalue weighted by Gasteiger charge is 2.11. The van der Waals surface area contributed by atoms with E-state index in [1.54, 1.807) is 7.11 Å². The number of hydrogen-bond donors (Lipinski definition) is 0. The predicted molar refractivity (Wildman–Crippen MR) is 75.9 cm³/mol. The Morgan fingerprint density at radius 2 is 2.00 bits per heavy atom. The lowest BCUT2D eigenvalue weighted by Gasteiger charge is -2.08. The number of ether oxygens (including phenoxy) is 1. The van der Waals surface area contributed by atoms with Gasteiger partial charge in [0.25, 0.3) is 0 Å². The predicted octanol–water partition coefficient (Wildman–Crippen LogP) is 3.00. The minimum Gasteiger partial charge on any atom is -0.497 e. The lowest BCUT2D eigenvalue weighted by atomic mass is 10.2. The van der Waals surface area contributed by atoms with Crippen molar-refractivity contribution in [2.45, 2.75) is 33.2 Å². The molecule has 0 saturated carbocycles. The Morgan fingerprint density at radius 3 is 2.58 bits per heavy atom. The van der Waals surface area contributed by atoms with Crippen LogP contribution in [0, 0.1) is 20.8 Å². The van der Waals surface area contributed by atoms with Crippen molar-refractivity contribution in [3.05, 3.63) is 40.5 Å². The van der Waals surface area contributed by atoms with Gasteiger partial charge in [-0.3, -0.25) is 9.67 Å². The number of nitrogens with zero attached hydrogens (tertiary/aromatic N) is 3. The first-order valence-corrected chi connectivity index (χ1v) is 6.69. The summed E-state index contributed by atoms with van der Waals surface area (Å²) in [7, 11) is 1.66. The van der Waals surface area contributed by atoms with Crippen molar-refractivity contribution >= 4 is 11.6 Å². The molecule has 2 rings (SSSR count). The van der Waals surface area contributed by atoms with Crippen LogP contribution in [0.25, 0.3) is 0 Å². The summed E-state index contributed by atoms with van der Waals surface area (Å²) in [4.78, 5) is 4.51. The molecule has 102 valence electrons. The average Bonchev–Trinajstić information content (AvgIpc) is 2.63. The number of rotatable bonds is 4. The molecular weight excluding hydrogens is 262 g/mol. The number of alkyl halides is 1. The normalized spacial score (nSPS) is 10.8. The van der Waals surface area contributed by atoms with Crippen molar-refractivity contribution < 1.29 is 4.74 Å². The maximum absolute atomic E-state index is 5.94. The van der Waals surface area contributed by atoms with E-state index in [1.807, 2.05) is 37.6 Å². The van der Waals surface area contributed by atoms with E-state index >= 15 is 0 Å². The second kappa shape index (κ2) is 5.61. The molecule has 2 aromatic heterocycles. The lowest BCUT2D eigenvalue weighted by Crippen LogP contribution is -2.07. The zero-order valence-corrected chi connectivity index (χ0v) is 12.5. The van der Waals surface area contributed by atoms with Crippen molar-refractivity contribution in [3.8, 4) is 5.75 Å². The topological polar surface area (TPSA) is 39.9 Å². The van der Waals surface area contributed by atoms with Crippen LogP contribution in [0.4, 0.5) is 0 Å². The monoisotopic (exact) mass is 279 g/mol. The second-order valence-electron chi connectivity index (χ2n) is 4.58. The fourth-order valence-electron chi connectivity index (χ4n) is 2.14. The largest absolute Gasteiger partial charge is 0.497 e. The van der Waals surface area contributed by atoms with Crippen LogP contribution in [-0.4, -0.2) is 21.9 Å². The molecule has 0 N–H and O–H groups in total. The van der Waals surface area contributed by atoms with Gasteiger partial charge < -0.3 is 4.74 Å². The van der Waals surface area contributed by atoms with Crippen molar-refractivity contribution in [2.24, 2.45) is 0 Å². The number of methoxy groups -OCH3 is 1. The number of aryl methyl sites for hydroxylation is 2. The second-order valence-corrected chi connectivity index (χ2v) is 4.85. The molecule has 0 aliphatic carbocycles. The van der Waals surface area contributed by atoms with Gasteiger partial charge in [-0.1, -0.05) is 0 Å². The SMILES string of the molecule is COc1cc(C)nc(Cn2nc(C)c(CCl)c2C)c1. The third kappa shape index (κ3) is 2.89. The van der Waals surface area contributed by atoms with Gasteiger partial charge in [0.15, 0.2) is 0 Å². The van der Waals surface area contributed by atoms with Crippen molar-refractivity contribution in [1.82, 2.24) is 14.8 Å². The van der Waals surface area contributed by atoms with Crippen LogP contribution in [0.1, 0.15) is 28.3 Å². The van der Waals surface area contributed by atoms with Crippen LogP contribution in [0.3, 0.4) is 0 Å². The highest BCUT2D eigenvalue weighted by molar-refractivity contribution is 6.17. The fraction of sp³-hybridized carbons (Fsp3) is 0.429. The summed E-state index contributed by atoms with van der Waals surface area (Å²) in [5.74, 6) is 1.31. The minimum absolute atomic E-state index is 0.488. The van der Waals surface area contributed by atoms with Crippen molar-refractivity contribution in [2.75, 3.05) is 7.11 Å². The third-order valence-electron chi connectivity index (χ3n) is 3.19. The molecule has 2 heterocycles. The van der Waals surface area contributed by atoms with Gasteiger partial charge in [-0.05, 0) is 20.8 Å². The van der Waals surface area contributed by atoms with Gasteiger partial charge in [-0.25, -0.2) is 0 Å². The van der Waals surface area contributed by atoms with Crippen LogP contribution in [0.15, 0.2) is 12.1 Å². The molecule has 4 nitrogen and oxygen atoms in total. The smallest absolute Gasteiger partial charge is 0.122 e. The minimum atomic E-state index is 0.488. The van der Waals surface area contributed by atoms with Crippen LogP contribution >= 0.6 is 11.6 Å². The zero-order valence-electron chi connectivity index (χ0n) is 11.7. The van der Waals surface area contributed by atoms with Gasteiger partial charge in [-0.2, -0.15) is 5.10 Å². The van der Waals surface area contributed by atoms with Crippen LogP contribution in [-0.2, 0) is 12.4 Å². The number of aromatic nitrogens is 3. The molecule has 19 heavy (non-hydrogen) atoms. The van der Waals surface area contributed by atoms with E-state index in [0.717, 1.165) is 34.1 Å². The van der Waals surface area contributed by atoms with E-state index in [9.17, 15) is 0 Å². The molecule has 0 saturated heterocycles. The first-order valence-electron chi connectivity index (χ1n) is 6.15. The van der Waals surface area contributed by atoms with Crippen molar-refractivity contribution in [1.29, 1.82) is 0 Å². The molecule has 2 aromatic rings. The third-order valence-corrected chi connectivity index (χ3v) is 3.46. The molecule has 0 aliphatic rings. The Morgan fingerprint density at radius 1 is 1.26 bits per heavy atom. The quantitative estimate of drug-likeness (QED) is 0.808. The number of pyridine rings is 1. The van der Waals surface area contributed by atoms with E-state index in [1.165, 1.54) is 0 Å². The van der Waals surface area contributed by atoms with E-state index in [-0.39, 0.29) is 0 Å². The maximum Gasteiger partial charge on any atom is 0.122 e. The molecule has 5 heteroatoms. The van der Waals surface area contributed by atoms with Gasteiger partial charge in [0.05, 0.1) is 30.9 Å². The van der Waals surface area contributed by atoms with Gasteiger partial charge in [-0.15, -0.1) is 11.6 Å². The average molecular weight is 280 g/mol. The maximum atomic E-state index is 5.94. The Kier molecular flexibility index (Phi) is 4.10. The summed E-state index contributed by atoms with van der Waals surface area (Å²) in [6.07, 6.45) is 0. The number of halogens is 1. The summed E-state index contributed by atoms with van der Waals surface area (Å²) >= 11 is 5.94. The summed E-state index contributed by atoms with van der Waals surface area (Å²) < 4.78 is 7.20. The first-order chi connectivity index (χ1) is 9.05. The summed E-state index contributed by atoms with van der Waals surface area (Å²) in [5, 5.41) is 4.51. The highest BCUT2D eigenvalue weighted by atomic mass is 35.5. The molecule has 0 bridgehead atoms. The Labute approximate surface area is 118 Å². The molecule has 0 atom stereocenters. The van der Waals surface area contributed by atoms with Gasteiger partial charge >= 0.3 is 0 Å². The highest BCUT2D eigenvalue weighted by Crippen LogP contribution is 2.18. The molecule has 0 aromatic carbocycles. The van der Waals surface area contributed by atoms with E-state index in [2.05, 4.69) is 10.1 Å². The lowest BCUT2D eigenvalue weighted by molar-refractivity contribution is 0.412. The Balaban J connectivity index is 2.33. The summed E-state index contributed by atoms with van der Waals surface area (Å²) in [6, 6.07) is 3.85. The molecule has 0 unspecified atom stereocenters. The van der Waals surface area contributed by atoms with Gasteiger partial charge in [0, 0.05) is 29.1 Å².